The van der Waals surface area contributed by atoms with Crippen molar-refractivity contribution in [1.82, 2.24) is 25.9 Å². The Hall–Kier alpha value is -5.23. The fraction of sp³-hybridized carbons (Fsp3) is 0.381. The van der Waals surface area contributed by atoms with Crippen LogP contribution in [0.15, 0.2) is 85.1 Å². The molecule has 3 aliphatic rings. The van der Waals surface area contributed by atoms with Gasteiger partial charge in [-0.25, -0.2) is 9.97 Å². The van der Waals surface area contributed by atoms with Gasteiger partial charge in [0.05, 0.1) is 18.8 Å². The summed E-state index contributed by atoms with van der Waals surface area (Å²) in [5, 5.41) is 10.5. The van der Waals surface area contributed by atoms with Crippen LogP contribution in [0, 0.1) is 11.8 Å². The maximum atomic E-state index is 13.7. The van der Waals surface area contributed by atoms with E-state index in [1.165, 1.54) is 29.8 Å². The first kappa shape index (κ1) is 37.1. The number of carbonyl (C=O) groups excluding carboxylic acids is 4. The molecule has 4 N–H and O–H groups in total. The van der Waals surface area contributed by atoms with Crippen molar-refractivity contribution >= 4 is 41.3 Å². The SMILES string of the molecule is CC(=O)NCC(=O)NCC(=O)NC(CSCc1ccccc1)C(=O)Nc1ncc2c(n1)C1CCC3c4ccc(OCc5ccccc5)cc4CCC3C1C2. The molecular weight excluding hydrogens is 701 g/mol. The lowest BCUT2D eigenvalue weighted by atomic mass is 9.60. The van der Waals surface area contributed by atoms with E-state index < -0.39 is 23.8 Å². The molecule has 1 saturated carbocycles. The number of thioether (sulfide) groups is 1. The lowest BCUT2D eigenvalue weighted by Crippen LogP contribution is -2.49. The number of carbonyl (C=O) groups is 4. The molecule has 4 amide bonds. The largest absolute Gasteiger partial charge is 0.489 e. The summed E-state index contributed by atoms with van der Waals surface area (Å²) in [6.45, 7) is 1.29. The minimum atomic E-state index is -0.898. The van der Waals surface area contributed by atoms with E-state index in [4.69, 9.17) is 9.72 Å². The van der Waals surface area contributed by atoms with Crippen LogP contribution in [0.4, 0.5) is 5.95 Å². The summed E-state index contributed by atoms with van der Waals surface area (Å²) >= 11 is 1.52. The molecule has 0 bridgehead atoms. The van der Waals surface area contributed by atoms with Gasteiger partial charge in [-0.3, -0.25) is 24.5 Å². The number of hydrogen-bond acceptors (Lipinski definition) is 8. The fourth-order valence-electron chi connectivity index (χ4n) is 8.28. The number of fused-ring (bicyclic) bond motifs is 7. The number of aryl methyl sites for hydroxylation is 1. The topological polar surface area (TPSA) is 151 Å². The Labute approximate surface area is 319 Å². The van der Waals surface area contributed by atoms with Crippen LogP contribution in [0.25, 0.3) is 0 Å². The fourth-order valence-corrected chi connectivity index (χ4v) is 9.30. The van der Waals surface area contributed by atoms with E-state index in [1.807, 2.05) is 54.7 Å². The van der Waals surface area contributed by atoms with Gasteiger partial charge in [0.25, 0.3) is 0 Å². The van der Waals surface area contributed by atoms with Gasteiger partial charge < -0.3 is 20.7 Å². The van der Waals surface area contributed by atoms with Crippen LogP contribution in [0.3, 0.4) is 0 Å². The van der Waals surface area contributed by atoms with Crippen LogP contribution >= 0.6 is 11.8 Å². The number of aromatic nitrogens is 2. The Kier molecular flexibility index (Phi) is 11.9. The first-order chi connectivity index (χ1) is 26.3. The second-order valence-electron chi connectivity index (χ2n) is 14.4. The summed E-state index contributed by atoms with van der Waals surface area (Å²) in [5.41, 5.74) is 7.29. The monoisotopic (exact) mass is 746 g/mol. The van der Waals surface area contributed by atoms with E-state index in [0.29, 0.717) is 41.8 Å². The van der Waals surface area contributed by atoms with E-state index in [2.05, 4.69) is 56.6 Å². The van der Waals surface area contributed by atoms with Gasteiger partial charge in [-0.2, -0.15) is 11.8 Å². The first-order valence-electron chi connectivity index (χ1n) is 18.7. The van der Waals surface area contributed by atoms with E-state index in [-0.39, 0.29) is 24.9 Å². The van der Waals surface area contributed by atoms with Crippen molar-refractivity contribution in [2.75, 3.05) is 24.2 Å². The van der Waals surface area contributed by atoms with E-state index in [0.717, 1.165) is 60.2 Å². The average molecular weight is 747 g/mol. The second-order valence-corrected chi connectivity index (χ2v) is 15.4. The number of ether oxygens (including phenoxy) is 1. The van der Waals surface area contributed by atoms with Crippen LogP contribution in [-0.2, 0) is 44.4 Å². The van der Waals surface area contributed by atoms with E-state index in [1.54, 1.807) is 0 Å². The minimum absolute atomic E-state index is 0.231. The Morgan fingerprint density at radius 3 is 2.35 bits per heavy atom. The van der Waals surface area contributed by atoms with Crippen LogP contribution in [0.1, 0.15) is 71.5 Å². The summed E-state index contributed by atoms with van der Waals surface area (Å²) in [6, 6.07) is 25.9. The van der Waals surface area contributed by atoms with Crippen molar-refractivity contribution in [3.05, 3.63) is 119 Å². The third-order valence-corrected chi connectivity index (χ3v) is 11.9. The lowest BCUT2D eigenvalue weighted by Gasteiger charge is -2.44. The molecule has 7 rings (SSSR count). The minimum Gasteiger partial charge on any atom is -0.489 e. The quantitative estimate of drug-likeness (QED) is 0.140. The average Bonchev–Trinajstić information content (AvgIpc) is 3.57. The number of amides is 4. The molecule has 1 fully saturated rings. The smallest absolute Gasteiger partial charge is 0.250 e. The van der Waals surface area contributed by atoms with Crippen molar-refractivity contribution in [3.63, 3.8) is 0 Å². The summed E-state index contributed by atoms with van der Waals surface area (Å²) in [7, 11) is 0. The summed E-state index contributed by atoms with van der Waals surface area (Å²) in [4.78, 5) is 59.1. The second kappa shape index (κ2) is 17.3. The van der Waals surface area contributed by atoms with Crippen LogP contribution in [-0.4, -0.2) is 58.5 Å². The van der Waals surface area contributed by atoms with Gasteiger partial charge in [0.1, 0.15) is 18.4 Å². The van der Waals surface area contributed by atoms with Gasteiger partial charge in [-0.1, -0.05) is 66.7 Å². The molecule has 12 heteroatoms. The zero-order chi connectivity index (χ0) is 37.4. The molecule has 1 heterocycles. The highest BCUT2D eigenvalue weighted by atomic mass is 32.2. The van der Waals surface area contributed by atoms with Gasteiger partial charge in [0.15, 0.2) is 0 Å². The highest BCUT2D eigenvalue weighted by Crippen LogP contribution is 2.56. The molecule has 1 aromatic heterocycles. The number of nitrogens with one attached hydrogen (secondary N) is 4. The molecule has 0 saturated heterocycles. The molecule has 0 spiro atoms. The number of rotatable bonds is 14. The number of hydrogen-bond donors (Lipinski definition) is 4. The molecular formula is C42H46N6O5S. The summed E-state index contributed by atoms with van der Waals surface area (Å²) in [5.74, 6) is 2.15. The van der Waals surface area contributed by atoms with Gasteiger partial charge in [0.2, 0.25) is 29.6 Å². The number of benzene rings is 3. The zero-order valence-corrected chi connectivity index (χ0v) is 31.2. The van der Waals surface area contributed by atoms with Gasteiger partial charge in [0, 0.05) is 30.5 Å². The maximum Gasteiger partial charge on any atom is 0.250 e. The van der Waals surface area contributed by atoms with Gasteiger partial charge in [-0.05, 0) is 89.8 Å². The third kappa shape index (κ3) is 9.10. The Morgan fingerprint density at radius 1 is 0.833 bits per heavy atom. The van der Waals surface area contributed by atoms with Crippen molar-refractivity contribution in [3.8, 4) is 5.75 Å². The molecule has 3 aliphatic carbocycles. The van der Waals surface area contributed by atoms with E-state index >= 15 is 0 Å². The highest BCUT2D eigenvalue weighted by molar-refractivity contribution is 7.98. The third-order valence-electron chi connectivity index (χ3n) is 10.8. The molecule has 5 atom stereocenters. The maximum absolute atomic E-state index is 13.7. The van der Waals surface area contributed by atoms with Crippen LogP contribution in [0.2, 0.25) is 0 Å². The summed E-state index contributed by atoms with van der Waals surface area (Å²) in [6.07, 6.45) is 7.06. The summed E-state index contributed by atoms with van der Waals surface area (Å²) < 4.78 is 6.16. The molecule has 0 aliphatic heterocycles. The van der Waals surface area contributed by atoms with Crippen molar-refractivity contribution in [2.24, 2.45) is 11.8 Å². The number of nitrogens with zero attached hydrogens (tertiary/aromatic N) is 2. The molecule has 5 unspecified atom stereocenters. The predicted octanol–water partition coefficient (Wildman–Crippen LogP) is 5.06. The normalized spacial score (nSPS) is 19.9. The molecule has 54 heavy (non-hydrogen) atoms. The Balaban J connectivity index is 0.980. The van der Waals surface area contributed by atoms with E-state index in [9.17, 15) is 19.2 Å². The standard InChI is InChI=1S/C42H46N6O5S/c1-26(49)43-21-38(50)44-22-39(51)46-37(25-54-24-28-10-6-3-7-11-28)41(52)48-42-45-20-30-19-36-34-14-12-29-18-31(53-23-27-8-4-2-5-9-27)13-15-32(29)33(34)16-17-35(36)40(30)47-42/h2-11,13,15,18,20,33-37H,12,14,16-17,19,21-25H2,1H3,(H,43,49)(H,44,50)(H,46,51)(H,45,47,48,52). The molecule has 4 aromatic rings. The van der Waals surface area contributed by atoms with Gasteiger partial charge in [-0.15, -0.1) is 0 Å². The molecule has 11 nitrogen and oxygen atoms in total. The van der Waals surface area contributed by atoms with Crippen molar-refractivity contribution in [1.29, 1.82) is 0 Å². The molecule has 3 aromatic carbocycles. The first-order valence-corrected chi connectivity index (χ1v) is 19.8. The van der Waals surface area contributed by atoms with Gasteiger partial charge >= 0.3 is 0 Å². The van der Waals surface area contributed by atoms with Crippen molar-refractivity contribution in [2.45, 2.75) is 69.3 Å². The number of anilines is 1. The zero-order valence-electron chi connectivity index (χ0n) is 30.4. The Morgan fingerprint density at radius 2 is 1.57 bits per heavy atom. The highest BCUT2D eigenvalue weighted by Gasteiger charge is 2.47. The molecule has 280 valence electrons. The van der Waals surface area contributed by atoms with Crippen molar-refractivity contribution < 1.29 is 23.9 Å². The lowest BCUT2D eigenvalue weighted by molar-refractivity contribution is -0.128. The Bertz CT molecular complexity index is 1980. The van der Waals surface area contributed by atoms with Crippen LogP contribution < -0.4 is 26.0 Å². The van der Waals surface area contributed by atoms with Crippen LogP contribution in [0.5, 0.6) is 5.75 Å². The molecule has 0 radical (unpaired) electrons. The predicted molar refractivity (Wildman–Crippen MR) is 208 cm³/mol.